The molecule has 1 aromatic carbocycles. The lowest BCUT2D eigenvalue weighted by molar-refractivity contribution is -0.114. The van der Waals surface area contributed by atoms with Crippen molar-refractivity contribution < 1.29 is 9.59 Å². The smallest absolute Gasteiger partial charge is 0.234 e. The van der Waals surface area contributed by atoms with Crippen LogP contribution in [0.5, 0.6) is 0 Å². The van der Waals surface area contributed by atoms with E-state index in [1.54, 1.807) is 28.8 Å². The standard InChI is InChI=1S/C17H18N6O2S/c1-3-14-20-21-15-7-8-17(22-23(14)15)26-10-16(25)19-13-6-4-5-12(9-13)18-11(2)24/h4-9H,3,10H2,1-2H3,(H,18,24)(H,19,25). The second-order valence-electron chi connectivity index (χ2n) is 5.51. The van der Waals surface area contributed by atoms with Crippen LogP contribution in [0.3, 0.4) is 0 Å². The summed E-state index contributed by atoms with van der Waals surface area (Å²) in [5.41, 5.74) is 1.94. The molecule has 0 radical (unpaired) electrons. The van der Waals surface area contributed by atoms with Gasteiger partial charge in [0.1, 0.15) is 5.03 Å². The Morgan fingerprint density at radius 3 is 2.62 bits per heavy atom. The van der Waals surface area contributed by atoms with Crippen LogP contribution in [0, 0.1) is 0 Å². The number of hydrogen-bond donors (Lipinski definition) is 2. The molecule has 0 saturated carbocycles. The first-order valence-electron chi connectivity index (χ1n) is 8.07. The van der Waals surface area contributed by atoms with E-state index in [2.05, 4.69) is 25.9 Å². The number of benzene rings is 1. The number of rotatable bonds is 6. The molecular weight excluding hydrogens is 352 g/mol. The molecule has 0 aliphatic carbocycles. The fourth-order valence-electron chi connectivity index (χ4n) is 2.33. The van der Waals surface area contributed by atoms with E-state index in [0.29, 0.717) is 22.0 Å². The van der Waals surface area contributed by atoms with Gasteiger partial charge >= 0.3 is 0 Å². The minimum Gasteiger partial charge on any atom is -0.326 e. The molecule has 2 aromatic heterocycles. The number of nitrogens with zero attached hydrogens (tertiary/aromatic N) is 4. The van der Waals surface area contributed by atoms with Crippen LogP contribution in [-0.2, 0) is 16.0 Å². The Morgan fingerprint density at radius 2 is 1.88 bits per heavy atom. The van der Waals surface area contributed by atoms with Crippen LogP contribution >= 0.6 is 11.8 Å². The summed E-state index contributed by atoms with van der Waals surface area (Å²) in [6.45, 7) is 3.42. The maximum absolute atomic E-state index is 12.2. The topological polar surface area (TPSA) is 101 Å². The lowest BCUT2D eigenvalue weighted by Gasteiger charge is -2.08. The lowest BCUT2D eigenvalue weighted by Crippen LogP contribution is -2.14. The van der Waals surface area contributed by atoms with Gasteiger partial charge < -0.3 is 10.6 Å². The van der Waals surface area contributed by atoms with Crippen molar-refractivity contribution in [3.63, 3.8) is 0 Å². The van der Waals surface area contributed by atoms with Crippen LogP contribution in [0.25, 0.3) is 5.65 Å². The van der Waals surface area contributed by atoms with E-state index in [-0.39, 0.29) is 17.6 Å². The number of thioether (sulfide) groups is 1. The van der Waals surface area contributed by atoms with Gasteiger partial charge in [0.15, 0.2) is 11.5 Å². The average Bonchev–Trinajstić information content (AvgIpc) is 3.02. The van der Waals surface area contributed by atoms with Gasteiger partial charge in [0.25, 0.3) is 0 Å². The number of anilines is 2. The minimum absolute atomic E-state index is 0.156. The monoisotopic (exact) mass is 370 g/mol. The Labute approximate surface area is 154 Å². The van der Waals surface area contributed by atoms with E-state index in [0.717, 1.165) is 12.2 Å². The second-order valence-corrected chi connectivity index (χ2v) is 6.51. The number of aryl methyl sites for hydroxylation is 1. The Morgan fingerprint density at radius 1 is 1.12 bits per heavy atom. The number of aromatic nitrogens is 4. The molecule has 0 saturated heterocycles. The van der Waals surface area contributed by atoms with Gasteiger partial charge in [-0.05, 0) is 30.3 Å². The molecule has 8 nitrogen and oxygen atoms in total. The molecule has 3 rings (SSSR count). The third kappa shape index (κ3) is 4.37. The number of carbonyl (C=O) groups is 2. The number of fused-ring (bicyclic) bond motifs is 1. The van der Waals surface area contributed by atoms with Crippen molar-refractivity contribution in [1.29, 1.82) is 0 Å². The zero-order valence-corrected chi connectivity index (χ0v) is 15.2. The zero-order valence-electron chi connectivity index (χ0n) is 14.4. The van der Waals surface area contributed by atoms with Crippen molar-refractivity contribution in [2.24, 2.45) is 0 Å². The summed E-state index contributed by atoms with van der Waals surface area (Å²) in [5.74, 6) is 0.677. The molecule has 134 valence electrons. The molecule has 2 heterocycles. The van der Waals surface area contributed by atoms with E-state index in [4.69, 9.17) is 0 Å². The van der Waals surface area contributed by atoms with Gasteiger partial charge in [-0.25, -0.2) is 0 Å². The second kappa shape index (κ2) is 7.96. The van der Waals surface area contributed by atoms with Crippen molar-refractivity contribution in [2.45, 2.75) is 25.3 Å². The van der Waals surface area contributed by atoms with E-state index in [9.17, 15) is 9.59 Å². The number of nitrogens with one attached hydrogen (secondary N) is 2. The van der Waals surface area contributed by atoms with E-state index < -0.39 is 0 Å². The number of carbonyl (C=O) groups excluding carboxylic acids is 2. The Balaban J connectivity index is 1.61. The highest BCUT2D eigenvalue weighted by Crippen LogP contribution is 2.18. The molecule has 9 heteroatoms. The molecular formula is C17H18N6O2S. The zero-order chi connectivity index (χ0) is 18.5. The molecule has 0 spiro atoms. The molecule has 3 aromatic rings. The van der Waals surface area contributed by atoms with Gasteiger partial charge in [0.05, 0.1) is 5.75 Å². The van der Waals surface area contributed by atoms with Crippen molar-refractivity contribution in [3.8, 4) is 0 Å². The predicted octanol–water partition coefficient (Wildman–Crippen LogP) is 2.38. The Kier molecular flexibility index (Phi) is 5.47. The SMILES string of the molecule is CCc1nnc2ccc(SCC(=O)Nc3cccc(NC(C)=O)c3)nn12. The summed E-state index contributed by atoms with van der Waals surface area (Å²) >= 11 is 1.33. The average molecular weight is 370 g/mol. The number of amides is 2. The van der Waals surface area contributed by atoms with Gasteiger partial charge in [0, 0.05) is 24.7 Å². The van der Waals surface area contributed by atoms with Crippen LogP contribution < -0.4 is 10.6 Å². The molecule has 0 bridgehead atoms. The maximum atomic E-state index is 12.2. The summed E-state index contributed by atoms with van der Waals surface area (Å²) in [6, 6.07) is 10.6. The van der Waals surface area contributed by atoms with Crippen LogP contribution in [0.1, 0.15) is 19.7 Å². The fourth-order valence-corrected chi connectivity index (χ4v) is 2.98. The highest BCUT2D eigenvalue weighted by Gasteiger charge is 2.09. The van der Waals surface area contributed by atoms with Crippen molar-refractivity contribution >= 4 is 40.6 Å². The Hall–Kier alpha value is -2.94. The summed E-state index contributed by atoms with van der Waals surface area (Å²) in [5, 5.41) is 18.8. The van der Waals surface area contributed by atoms with Crippen molar-refractivity contribution in [1.82, 2.24) is 19.8 Å². The fraction of sp³-hybridized carbons (Fsp3) is 0.235. The predicted molar refractivity (Wildman–Crippen MR) is 100 cm³/mol. The van der Waals surface area contributed by atoms with Crippen molar-refractivity contribution in [2.75, 3.05) is 16.4 Å². The summed E-state index contributed by atoms with van der Waals surface area (Å²) in [6.07, 6.45) is 0.730. The third-order valence-corrected chi connectivity index (χ3v) is 4.36. The van der Waals surface area contributed by atoms with E-state index >= 15 is 0 Å². The molecule has 0 fully saturated rings. The first kappa shape index (κ1) is 17.9. The first-order chi connectivity index (χ1) is 12.5. The molecule has 0 unspecified atom stereocenters. The lowest BCUT2D eigenvalue weighted by atomic mass is 10.2. The van der Waals surface area contributed by atoms with Crippen LogP contribution in [0.15, 0.2) is 41.4 Å². The molecule has 0 aliphatic rings. The van der Waals surface area contributed by atoms with E-state index in [1.165, 1.54) is 18.7 Å². The highest BCUT2D eigenvalue weighted by molar-refractivity contribution is 7.99. The maximum Gasteiger partial charge on any atom is 0.234 e. The third-order valence-electron chi connectivity index (χ3n) is 3.44. The minimum atomic E-state index is -0.161. The van der Waals surface area contributed by atoms with Gasteiger partial charge in [-0.3, -0.25) is 9.59 Å². The van der Waals surface area contributed by atoms with Gasteiger partial charge in [-0.15, -0.1) is 10.2 Å². The van der Waals surface area contributed by atoms with Gasteiger partial charge in [-0.2, -0.15) is 9.61 Å². The summed E-state index contributed by atoms with van der Waals surface area (Å²) in [4.78, 5) is 23.3. The highest BCUT2D eigenvalue weighted by atomic mass is 32.2. The normalized spacial score (nSPS) is 10.7. The molecule has 0 aliphatic heterocycles. The number of hydrogen-bond acceptors (Lipinski definition) is 6. The Bertz CT molecular complexity index is 955. The van der Waals surface area contributed by atoms with Crippen LogP contribution in [-0.4, -0.2) is 37.4 Å². The molecule has 26 heavy (non-hydrogen) atoms. The summed E-state index contributed by atoms with van der Waals surface area (Å²) < 4.78 is 1.69. The van der Waals surface area contributed by atoms with Gasteiger partial charge in [-0.1, -0.05) is 24.8 Å². The van der Waals surface area contributed by atoms with Gasteiger partial charge in [0.2, 0.25) is 11.8 Å². The van der Waals surface area contributed by atoms with Crippen LogP contribution in [0.2, 0.25) is 0 Å². The quantitative estimate of drug-likeness (QED) is 0.646. The van der Waals surface area contributed by atoms with E-state index in [1.807, 2.05) is 19.1 Å². The van der Waals surface area contributed by atoms with Crippen molar-refractivity contribution in [3.05, 3.63) is 42.2 Å². The molecule has 2 amide bonds. The molecule has 0 atom stereocenters. The first-order valence-corrected chi connectivity index (χ1v) is 9.05. The largest absolute Gasteiger partial charge is 0.326 e. The molecule has 2 N–H and O–H groups in total. The van der Waals surface area contributed by atoms with Crippen LogP contribution in [0.4, 0.5) is 11.4 Å². The summed E-state index contributed by atoms with van der Waals surface area (Å²) in [7, 11) is 0.